The maximum atomic E-state index is 11.0. The normalized spacial score (nSPS) is 10.8. The van der Waals surface area contributed by atoms with Crippen molar-refractivity contribution in [2.24, 2.45) is 4.99 Å². The maximum Gasteiger partial charge on any atom is 0.335 e. The van der Waals surface area contributed by atoms with Gasteiger partial charge in [-0.1, -0.05) is 18.2 Å². The Morgan fingerprint density at radius 2 is 1.69 bits per heavy atom. The summed E-state index contributed by atoms with van der Waals surface area (Å²) in [6.45, 7) is 6.48. The average Bonchev–Trinajstić information content (AvgIpc) is 2.83. The lowest BCUT2D eigenvalue weighted by molar-refractivity contribution is 0.0697. The number of para-hydroxylation sites is 1. The van der Waals surface area contributed by atoms with E-state index in [0.717, 1.165) is 29.9 Å². The van der Waals surface area contributed by atoms with Crippen LogP contribution in [0.15, 0.2) is 71.7 Å². The fourth-order valence-corrected chi connectivity index (χ4v) is 3.33. The Morgan fingerprint density at radius 3 is 2.28 bits per heavy atom. The van der Waals surface area contributed by atoms with Crippen LogP contribution in [0.4, 0.5) is 11.4 Å². The van der Waals surface area contributed by atoms with Crippen molar-refractivity contribution in [1.82, 2.24) is 0 Å². The van der Waals surface area contributed by atoms with Crippen molar-refractivity contribution in [1.29, 1.82) is 0 Å². The highest BCUT2D eigenvalue weighted by molar-refractivity contribution is 5.88. The molecule has 0 heterocycles. The van der Waals surface area contributed by atoms with E-state index in [-0.39, 0.29) is 12.2 Å². The van der Waals surface area contributed by atoms with E-state index in [9.17, 15) is 4.79 Å². The summed E-state index contributed by atoms with van der Waals surface area (Å²) in [6, 6.07) is 20.4. The summed E-state index contributed by atoms with van der Waals surface area (Å²) in [6.07, 6.45) is 1.76. The Balaban J connectivity index is 1.77. The molecule has 3 rings (SSSR count). The molecule has 0 aromatic heterocycles. The molecule has 166 valence electrons. The van der Waals surface area contributed by atoms with Gasteiger partial charge in [0.2, 0.25) is 0 Å². The number of carboxylic acids is 1. The number of hydrogen-bond donors (Lipinski definition) is 1. The molecule has 32 heavy (non-hydrogen) atoms. The molecular formula is C26H28N2O4. The van der Waals surface area contributed by atoms with E-state index in [1.165, 1.54) is 5.69 Å². The minimum Gasteiger partial charge on any atom is -0.493 e. The lowest BCUT2D eigenvalue weighted by Gasteiger charge is -2.20. The van der Waals surface area contributed by atoms with Gasteiger partial charge in [-0.25, -0.2) is 4.79 Å². The van der Waals surface area contributed by atoms with Gasteiger partial charge in [0.05, 0.1) is 18.4 Å². The fourth-order valence-electron chi connectivity index (χ4n) is 3.33. The van der Waals surface area contributed by atoms with Gasteiger partial charge in [-0.2, -0.15) is 0 Å². The second kappa shape index (κ2) is 11.0. The quantitative estimate of drug-likeness (QED) is 0.424. The number of aromatic carboxylic acids is 1. The molecule has 0 saturated heterocycles. The first kappa shape index (κ1) is 22.9. The van der Waals surface area contributed by atoms with E-state index in [2.05, 4.69) is 35.9 Å². The molecule has 6 heteroatoms. The number of aliphatic imine (C=N–C) groups is 1. The lowest BCUT2D eigenvalue weighted by atomic mass is 10.1. The summed E-state index contributed by atoms with van der Waals surface area (Å²) < 4.78 is 11.5. The van der Waals surface area contributed by atoms with Crippen molar-refractivity contribution in [3.05, 3.63) is 83.4 Å². The van der Waals surface area contributed by atoms with Gasteiger partial charge >= 0.3 is 5.97 Å². The van der Waals surface area contributed by atoms with Gasteiger partial charge in [0.15, 0.2) is 11.5 Å². The van der Waals surface area contributed by atoms with E-state index in [0.29, 0.717) is 11.5 Å². The summed E-state index contributed by atoms with van der Waals surface area (Å²) in [4.78, 5) is 17.9. The summed E-state index contributed by atoms with van der Waals surface area (Å²) >= 11 is 0. The molecule has 0 atom stereocenters. The minimum atomic E-state index is -0.953. The first-order valence-corrected chi connectivity index (χ1v) is 10.6. The highest BCUT2D eigenvalue weighted by Gasteiger charge is 2.10. The Bertz CT molecular complexity index is 1060. The molecule has 6 nitrogen and oxygen atoms in total. The summed E-state index contributed by atoms with van der Waals surface area (Å²) in [5.41, 5.74) is 3.91. The third kappa shape index (κ3) is 5.66. The van der Waals surface area contributed by atoms with Crippen molar-refractivity contribution < 1.29 is 19.4 Å². The van der Waals surface area contributed by atoms with Gasteiger partial charge in [0.1, 0.15) is 6.61 Å². The maximum absolute atomic E-state index is 11.0. The van der Waals surface area contributed by atoms with Gasteiger partial charge in [0, 0.05) is 30.6 Å². The topological polar surface area (TPSA) is 71.4 Å². The van der Waals surface area contributed by atoms with Gasteiger partial charge in [-0.3, -0.25) is 4.99 Å². The zero-order valence-electron chi connectivity index (χ0n) is 18.6. The highest BCUT2D eigenvalue weighted by Crippen LogP contribution is 2.31. The minimum absolute atomic E-state index is 0.242. The predicted octanol–water partition coefficient (Wildman–Crippen LogP) is 5.57. The van der Waals surface area contributed by atoms with Crippen LogP contribution >= 0.6 is 0 Å². The number of rotatable bonds is 10. The molecule has 0 amide bonds. The van der Waals surface area contributed by atoms with Crippen LogP contribution < -0.4 is 14.4 Å². The van der Waals surface area contributed by atoms with E-state index in [1.54, 1.807) is 37.6 Å². The molecule has 0 fully saturated rings. The van der Waals surface area contributed by atoms with Crippen molar-refractivity contribution in [3.63, 3.8) is 0 Å². The van der Waals surface area contributed by atoms with Crippen molar-refractivity contribution in [2.75, 3.05) is 25.1 Å². The van der Waals surface area contributed by atoms with E-state index >= 15 is 0 Å². The summed E-state index contributed by atoms with van der Waals surface area (Å²) in [7, 11) is 1.59. The Hall–Kier alpha value is -3.80. The van der Waals surface area contributed by atoms with Crippen LogP contribution in [0.1, 0.15) is 35.3 Å². The van der Waals surface area contributed by atoms with Crippen LogP contribution in [0, 0.1) is 0 Å². The largest absolute Gasteiger partial charge is 0.493 e. The van der Waals surface area contributed by atoms with Crippen LogP contribution in [-0.2, 0) is 6.61 Å². The number of carbonyl (C=O) groups is 1. The predicted molar refractivity (Wildman–Crippen MR) is 128 cm³/mol. The molecule has 0 saturated carbocycles. The van der Waals surface area contributed by atoms with Gasteiger partial charge in [-0.15, -0.1) is 0 Å². The number of hydrogen-bond acceptors (Lipinski definition) is 5. The average molecular weight is 433 g/mol. The third-order valence-corrected chi connectivity index (χ3v) is 5.14. The van der Waals surface area contributed by atoms with Crippen LogP contribution in [0.2, 0.25) is 0 Å². The van der Waals surface area contributed by atoms with Crippen LogP contribution in [-0.4, -0.2) is 37.5 Å². The number of benzene rings is 3. The number of methoxy groups -OCH3 is 1. The lowest BCUT2D eigenvalue weighted by Crippen LogP contribution is -2.21. The second-order valence-electron chi connectivity index (χ2n) is 7.12. The summed E-state index contributed by atoms with van der Waals surface area (Å²) in [5, 5.41) is 9.04. The van der Waals surface area contributed by atoms with Crippen LogP contribution in [0.5, 0.6) is 11.5 Å². The molecule has 0 aliphatic rings. The first-order chi connectivity index (χ1) is 15.5. The molecular weight excluding hydrogens is 404 g/mol. The number of nitrogens with zero attached hydrogens (tertiary/aromatic N) is 2. The number of carboxylic acid groups (broad SMARTS) is 1. The Kier molecular flexibility index (Phi) is 7.86. The molecule has 3 aromatic carbocycles. The zero-order chi connectivity index (χ0) is 22.9. The standard InChI is InChI=1S/C26H28N2O4/c1-4-28(5-2)23-15-13-22(14-16-23)27-17-21-7-6-8-24(31-3)25(21)32-18-19-9-11-20(12-10-19)26(29)30/h6-17H,4-5,18H2,1-3H3,(H,29,30). The van der Waals surface area contributed by atoms with Gasteiger partial charge < -0.3 is 19.5 Å². The Morgan fingerprint density at radius 1 is 1.00 bits per heavy atom. The molecule has 1 N–H and O–H groups in total. The monoisotopic (exact) mass is 432 g/mol. The smallest absolute Gasteiger partial charge is 0.335 e. The van der Waals surface area contributed by atoms with E-state index < -0.39 is 5.97 Å². The molecule has 0 spiro atoms. The molecule has 3 aromatic rings. The summed E-state index contributed by atoms with van der Waals surface area (Å²) in [5.74, 6) is 0.236. The van der Waals surface area contributed by atoms with Crippen molar-refractivity contribution >= 4 is 23.6 Å². The van der Waals surface area contributed by atoms with Crippen LogP contribution in [0.25, 0.3) is 0 Å². The highest BCUT2D eigenvalue weighted by atomic mass is 16.5. The molecule has 0 aliphatic carbocycles. The number of ether oxygens (including phenoxy) is 2. The second-order valence-corrected chi connectivity index (χ2v) is 7.12. The third-order valence-electron chi connectivity index (χ3n) is 5.14. The molecule has 0 radical (unpaired) electrons. The fraction of sp³-hybridized carbons (Fsp3) is 0.231. The van der Waals surface area contributed by atoms with Gasteiger partial charge in [0.25, 0.3) is 0 Å². The van der Waals surface area contributed by atoms with Crippen molar-refractivity contribution in [2.45, 2.75) is 20.5 Å². The zero-order valence-corrected chi connectivity index (χ0v) is 18.6. The molecule has 0 aliphatic heterocycles. The van der Waals surface area contributed by atoms with Gasteiger partial charge in [-0.05, 0) is 67.9 Å². The van der Waals surface area contributed by atoms with Crippen LogP contribution in [0.3, 0.4) is 0 Å². The first-order valence-electron chi connectivity index (χ1n) is 10.6. The number of anilines is 1. The molecule has 0 unspecified atom stereocenters. The Labute approximate surface area is 188 Å². The van der Waals surface area contributed by atoms with Crippen molar-refractivity contribution in [3.8, 4) is 11.5 Å². The SMILES string of the molecule is CCN(CC)c1ccc(N=Cc2cccc(OC)c2OCc2ccc(C(=O)O)cc2)cc1. The van der Waals surface area contributed by atoms with E-state index in [1.807, 2.05) is 30.3 Å². The molecule has 0 bridgehead atoms. The van der Waals surface area contributed by atoms with E-state index in [4.69, 9.17) is 14.6 Å².